The number of benzene rings is 1. The van der Waals surface area contributed by atoms with E-state index in [0.717, 1.165) is 12.2 Å². The van der Waals surface area contributed by atoms with Gasteiger partial charge in [-0.3, -0.25) is 0 Å². The number of aryl methyl sites for hydroxylation is 2. The quantitative estimate of drug-likeness (QED) is 0.804. The lowest BCUT2D eigenvalue weighted by Gasteiger charge is -2.22. The lowest BCUT2D eigenvalue weighted by molar-refractivity contribution is -0.150. The molecule has 1 saturated heterocycles. The Morgan fingerprint density at radius 1 is 1.18 bits per heavy atom. The first-order chi connectivity index (χ1) is 8.11. The van der Waals surface area contributed by atoms with Crippen LogP contribution in [0.1, 0.15) is 24.5 Å². The molecule has 3 nitrogen and oxygen atoms in total. The van der Waals surface area contributed by atoms with Gasteiger partial charge in [-0.15, -0.1) is 0 Å². The van der Waals surface area contributed by atoms with Crippen molar-refractivity contribution in [1.82, 2.24) is 0 Å². The van der Waals surface area contributed by atoms with Gasteiger partial charge in [0.2, 0.25) is 0 Å². The van der Waals surface area contributed by atoms with Crippen LogP contribution in [-0.4, -0.2) is 25.6 Å². The fourth-order valence-corrected chi connectivity index (χ4v) is 2.07. The minimum Gasteiger partial charge on any atom is -0.493 e. The van der Waals surface area contributed by atoms with Crippen LogP contribution in [0.4, 0.5) is 0 Å². The second-order valence-corrected chi connectivity index (χ2v) is 4.65. The van der Waals surface area contributed by atoms with Crippen molar-refractivity contribution < 1.29 is 14.2 Å². The molecule has 1 aromatic carbocycles. The molecule has 1 heterocycles. The monoisotopic (exact) mass is 236 g/mol. The van der Waals surface area contributed by atoms with Gasteiger partial charge in [-0.05, 0) is 31.9 Å². The number of rotatable bonds is 4. The molecule has 0 atom stereocenters. The zero-order chi connectivity index (χ0) is 12.3. The van der Waals surface area contributed by atoms with E-state index in [-0.39, 0.29) is 0 Å². The van der Waals surface area contributed by atoms with E-state index < -0.39 is 5.79 Å². The third-order valence-electron chi connectivity index (χ3n) is 3.11. The Morgan fingerprint density at radius 3 is 2.35 bits per heavy atom. The first kappa shape index (κ1) is 12.4. The number of ether oxygens (including phenoxy) is 3. The van der Waals surface area contributed by atoms with Crippen molar-refractivity contribution in [2.24, 2.45) is 0 Å². The molecule has 0 spiro atoms. The molecule has 3 heteroatoms. The Kier molecular flexibility index (Phi) is 3.69. The minimum absolute atomic E-state index is 0.462. The van der Waals surface area contributed by atoms with Gasteiger partial charge in [0.25, 0.3) is 0 Å². The van der Waals surface area contributed by atoms with Crippen molar-refractivity contribution in [2.75, 3.05) is 19.8 Å². The van der Waals surface area contributed by atoms with Crippen molar-refractivity contribution in [3.63, 3.8) is 0 Å². The fraction of sp³-hybridized carbons (Fsp3) is 0.571. The van der Waals surface area contributed by atoms with Crippen LogP contribution in [-0.2, 0) is 9.47 Å². The Balaban J connectivity index is 1.90. The Morgan fingerprint density at radius 2 is 1.76 bits per heavy atom. The van der Waals surface area contributed by atoms with Crippen LogP contribution in [0.5, 0.6) is 5.75 Å². The van der Waals surface area contributed by atoms with Crippen molar-refractivity contribution in [3.05, 3.63) is 29.3 Å². The maximum atomic E-state index is 5.83. The summed E-state index contributed by atoms with van der Waals surface area (Å²) in [6.45, 7) is 8.06. The summed E-state index contributed by atoms with van der Waals surface area (Å²) in [6.07, 6.45) is 0.751. The highest BCUT2D eigenvalue weighted by atomic mass is 16.7. The van der Waals surface area contributed by atoms with Gasteiger partial charge in [0.15, 0.2) is 5.79 Å². The van der Waals surface area contributed by atoms with Crippen molar-refractivity contribution in [3.8, 4) is 5.75 Å². The largest absolute Gasteiger partial charge is 0.493 e. The van der Waals surface area contributed by atoms with Crippen LogP contribution >= 0.6 is 0 Å². The third-order valence-corrected chi connectivity index (χ3v) is 3.11. The summed E-state index contributed by atoms with van der Waals surface area (Å²) in [7, 11) is 0. The molecule has 1 aliphatic heterocycles. The van der Waals surface area contributed by atoms with Crippen LogP contribution in [0.3, 0.4) is 0 Å². The number of hydrogen-bond acceptors (Lipinski definition) is 3. The fourth-order valence-electron chi connectivity index (χ4n) is 2.07. The topological polar surface area (TPSA) is 27.7 Å². The summed E-state index contributed by atoms with van der Waals surface area (Å²) >= 11 is 0. The van der Waals surface area contributed by atoms with Gasteiger partial charge in [-0.1, -0.05) is 18.2 Å². The summed E-state index contributed by atoms with van der Waals surface area (Å²) in [5.41, 5.74) is 2.34. The number of hydrogen-bond donors (Lipinski definition) is 0. The second-order valence-electron chi connectivity index (χ2n) is 4.65. The van der Waals surface area contributed by atoms with Gasteiger partial charge in [0.05, 0.1) is 19.8 Å². The van der Waals surface area contributed by atoms with E-state index in [0.29, 0.717) is 19.8 Å². The molecule has 0 saturated carbocycles. The molecule has 0 unspecified atom stereocenters. The summed E-state index contributed by atoms with van der Waals surface area (Å²) in [6, 6.07) is 6.17. The Hall–Kier alpha value is -1.06. The molecule has 0 amide bonds. The summed E-state index contributed by atoms with van der Waals surface area (Å²) in [4.78, 5) is 0. The van der Waals surface area contributed by atoms with E-state index in [1.807, 2.05) is 13.0 Å². The average molecular weight is 236 g/mol. The maximum Gasteiger partial charge on any atom is 0.168 e. The highest BCUT2D eigenvalue weighted by Gasteiger charge is 2.30. The van der Waals surface area contributed by atoms with E-state index in [2.05, 4.69) is 26.0 Å². The Labute approximate surface area is 103 Å². The predicted molar refractivity (Wildman–Crippen MR) is 66.3 cm³/mol. The van der Waals surface area contributed by atoms with Crippen LogP contribution < -0.4 is 4.74 Å². The molecule has 0 radical (unpaired) electrons. The molecule has 2 rings (SSSR count). The van der Waals surface area contributed by atoms with Gasteiger partial charge >= 0.3 is 0 Å². The lowest BCUT2D eigenvalue weighted by Crippen LogP contribution is -2.28. The minimum atomic E-state index is -0.462. The smallest absolute Gasteiger partial charge is 0.168 e. The van der Waals surface area contributed by atoms with Gasteiger partial charge in [-0.2, -0.15) is 0 Å². The number of para-hydroxylation sites is 1. The normalized spacial score (nSPS) is 18.3. The maximum absolute atomic E-state index is 5.83. The van der Waals surface area contributed by atoms with E-state index >= 15 is 0 Å². The van der Waals surface area contributed by atoms with Crippen molar-refractivity contribution in [2.45, 2.75) is 33.0 Å². The highest BCUT2D eigenvalue weighted by molar-refractivity contribution is 5.39. The zero-order valence-electron chi connectivity index (χ0n) is 10.8. The van der Waals surface area contributed by atoms with Crippen LogP contribution in [0.15, 0.2) is 18.2 Å². The molecule has 0 aromatic heterocycles. The van der Waals surface area contributed by atoms with E-state index in [9.17, 15) is 0 Å². The Bertz CT molecular complexity index is 361. The highest BCUT2D eigenvalue weighted by Crippen LogP contribution is 2.25. The molecule has 1 aromatic rings. The second kappa shape index (κ2) is 5.07. The van der Waals surface area contributed by atoms with Crippen LogP contribution in [0, 0.1) is 13.8 Å². The van der Waals surface area contributed by atoms with Gasteiger partial charge in [0.1, 0.15) is 5.75 Å². The molecule has 94 valence electrons. The zero-order valence-corrected chi connectivity index (χ0v) is 10.8. The molecular weight excluding hydrogens is 216 g/mol. The van der Waals surface area contributed by atoms with Crippen LogP contribution in [0.25, 0.3) is 0 Å². The molecule has 0 bridgehead atoms. The SMILES string of the molecule is Cc1cccc(C)c1OCCC1(C)OCCO1. The average Bonchev–Trinajstić information content (AvgIpc) is 2.70. The standard InChI is InChI=1S/C14H20O3/c1-11-5-4-6-12(2)13(11)15-8-7-14(3)16-9-10-17-14/h4-6H,7-10H2,1-3H3. The van der Waals surface area contributed by atoms with E-state index in [4.69, 9.17) is 14.2 Å². The van der Waals surface area contributed by atoms with E-state index in [1.165, 1.54) is 11.1 Å². The molecule has 17 heavy (non-hydrogen) atoms. The summed E-state index contributed by atoms with van der Waals surface area (Å²) in [5, 5.41) is 0. The predicted octanol–water partition coefficient (Wildman–Crippen LogP) is 2.84. The third kappa shape index (κ3) is 2.99. The molecule has 0 aliphatic carbocycles. The van der Waals surface area contributed by atoms with Crippen molar-refractivity contribution >= 4 is 0 Å². The first-order valence-corrected chi connectivity index (χ1v) is 6.08. The summed E-state index contributed by atoms with van der Waals surface area (Å²) < 4.78 is 16.9. The first-order valence-electron chi connectivity index (χ1n) is 6.08. The summed E-state index contributed by atoms with van der Waals surface area (Å²) in [5.74, 6) is 0.519. The van der Waals surface area contributed by atoms with Crippen LogP contribution in [0.2, 0.25) is 0 Å². The lowest BCUT2D eigenvalue weighted by atomic mass is 10.1. The van der Waals surface area contributed by atoms with Gasteiger partial charge in [-0.25, -0.2) is 0 Å². The van der Waals surface area contributed by atoms with Gasteiger partial charge < -0.3 is 14.2 Å². The van der Waals surface area contributed by atoms with E-state index in [1.54, 1.807) is 0 Å². The molecule has 0 N–H and O–H groups in total. The van der Waals surface area contributed by atoms with Gasteiger partial charge in [0, 0.05) is 6.42 Å². The molecular formula is C14H20O3. The molecule has 1 aliphatic rings. The molecule has 1 fully saturated rings. The van der Waals surface area contributed by atoms with Crippen molar-refractivity contribution in [1.29, 1.82) is 0 Å².